The standard InChI is InChI=1S/C22H20N4O2/c1-4-6-15-9-14(3)19(17(5-2)10-15)20-21(27)25-26(22(20)28)13-18-8-7-16(11-23)12-24-18/h7-10,12,20H,5,13H2,1-3H3,(H,25,27). The molecular formula is C22H20N4O2. The van der Waals surface area contributed by atoms with Crippen LogP contribution in [0.5, 0.6) is 0 Å². The van der Waals surface area contributed by atoms with E-state index in [1.807, 2.05) is 32.0 Å². The first-order chi connectivity index (χ1) is 13.5. The van der Waals surface area contributed by atoms with E-state index in [1.54, 1.807) is 19.1 Å². The molecule has 1 aliphatic rings. The zero-order valence-corrected chi connectivity index (χ0v) is 16.0. The summed E-state index contributed by atoms with van der Waals surface area (Å²) in [7, 11) is 0. The van der Waals surface area contributed by atoms with Crippen molar-refractivity contribution >= 4 is 11.8 Å². The summed E-state index contributed by atoms with van der Waals surface area (Å²) in [5, 5.41) is 10.2. The predicted octanol–water partition coefficient (Wildman–Crippen LogP) is 2.35. The maximum absolute atomic E-state index is 13.0. The third kappa shape index (κ3) is 3.58. The normalized spacial score (nSPS) is 15.6. The fourth-order valence-electron chi connectivity index (χ4n) is 3.43. The van der Waals surface area contributed by atoms with Crippen molar-refractivity contribution in [3.8, 4) is 17.9 Å². The van der Waals surface area contributed by atoms with Gasteiger partial charge in [0.1, 0.15) is 12.0 Å². The average molecular weight is 372 g/mol. The predicted molar refractivity (Wildman–Crippen MR) is 103 cm³/mol. The minimum absolute atomic E-state index is 0.146. The van der Waals surface area contributed by atoms with Gasteiger partial charge in [-0.25, -0.2) is 5.01 Å². The van der Waals surface area contributed by atoms with Gasteiger partial charge >= 0.3 is 0 Å². The van der Waals surface area contributed by atoms with E-state index in [9.17, 15) is 9.59 Å². The van der Waals surface area contributed by atoms with Crippen molar-refractivity contribution < 1.29 is 9.59 Å². The van der Waals surface area contributed by atoms with Crippen LogP contribution in [0.3, 0.4) is 0 Å². The van der Waals surface area contributed by atoms with Crippen molar-refractivity contribution in [3.63, 3.8) is 0 Å². The van der Waals surface area contributed by atoms with Gasteiger partial charge in [-0.15, -0.1) is 5.92 Å². The second-order valence-electron chi connectivity index (χ2n) is 6.58. The number of nitrogens with one attached hydrogen (secondary N) is 1. The molecule has 1 N–H and O–H groups in total. The molecule has 0 spiro atoms. The van der Waals surface area contributed by atoms with Crippen LogP contribution < -0.4 is 5.43 Å². The van der Waals surface area contributed by atoms with Gasteiger partial charge in [0.15, 0.2) is 0 Å². The number of hydrogen-bond acceptors (Lipinski definition) is 4. The van der Waals surface area contributed by atoms with Gasteiger partial charge in [-0.05, 0) is 61.2 Å². The van der Waals surface area contributed by atoms with E-state index in [2.05, 4.69) is 22.3 Å². The van der Waals surface area contributed by atoms with Crippen LogP contribution in [-0.2, 0) is 22.6 Å². The molecule has 3 rings (SSSR count). The topological polar surface area (TPSA) is 86.1 Å². The number of aryl methyl sites for hydroxylation is 2. The van der Waals surface area contributed by atoms with E-state index in [0.29, 0.717) is 17.7 Å². The van der Waals surface area contributed by atoms with E-state index in [-0.39, 0.29) is 18.4 Å². The van der Waals surface area contributed by atoms with Crippen LogP contribution in [0.1, 0.15) is 53.3 Å². The summed E-state index contributed by atoms with van der Waals surface area (Å²) < 4.78 is 0. The van der Waals surface area contributed by atoms with E-state index in [0.717, 1.165) is 22.3 Å². The molecule has 140 valence electrons. The number of hydrazine groups is 1. The summed E-state index contributed by atoms with van der Waals surface area (Å²) in [5.41, 5.74) is 7.15. The first kappa shape index (κ1) is 19.1. The van der Waals surface area contributed by atoms with Crippen LogP contribution in [0.25, 0.3) is 0 Å². The Morgan fingerprint density at radius 2 is 2.04 bits per heavy atom. The Labute approximate surface area is 164 Å². The monoisotopic (exact) mass is 372 g/mol. The number of nitrogens with zero attached hydrogens (tertiary/aromatic N) is 3. The van der Waals surface area contributed by atoms with E-state index >= 15 is 0 Å². The van der Waals surface area contributed by atoms with Crippen molar-refractivity contribution in [1.82, 2.24) is 15.4 Å². The van der Waals surface area contributed by atoms with Crippen LogP contribution in [-0.4, -0.2) is 21.8 Å². The molecule has 1 aromatic heterocycles. The first-order valence-electron chi connectivity index (χ1n) is 9.01. The smallest absolute Gasteiger partial charge is 0.258 e. The van der Waals surface area contributed by atoms with Crippen LogP contribution in [0.4, 0.5) is 0 Å². The molecule has 0 saturated carbocycles. The number of nitriles is 1. The number of hydrogen-bond donors (Lipinski definition) is 1. The molecule has 1 atom stereocenters. The quantitative estimate of drug-likeness (QED) is 0.659. The summed E-state index contributed by atoms with van der Waals surface area (Å²) in [6, 6.07) is 9.17. The molecule has 1 saturated heterocycles. The molecule has 2 heterocycles. The van der Waals surface area contributed by atoms with Gasteiger partial charge in [-0.1, -0.05) is 12.8 Å². The van der Waals surface area contributed by atoms with E-state index in [4.69, 9.17) is 5.26 Å². The molecule has 28 heavy (non-hydrogen) atoms. The molecule has 1 aliphatic heterocycles. The lowest BCUT2D eigenvalue weighted by atomic mass is 9.87. The molecule has 1 unspecified atom stereocenters. The van der Waals surface area contributed by atoms with Crippen molar-refractivity contribution in [2.45, 2.75) is 39.7 Å². The molecule has 1 fully saturated rings. The van der Waals surface area contributed by atoms with Crippen molar-refractivity contribution in [2.24, 2.45) is 0 Å². The highest BCUT2D eigenvalue weighted by Gasteiger charge is 2.42. The minimum Gasteiger partial charge on any atom is -0.272 e. The molecule has 2 aromatic rings. The van der Waals surface area contributed by atoms with Crippen molar-refractivity contribution in [2.75, 3.05) is 0 Å². The second kappa shape index (κ2) is 7.94. The van der Waals surface area contributed by atoms with Crippen LogP contribution in [0.15, 0.2) is 30.5 Å². The molecule has 6 heteroatoms. The molecule has 0 bridgehead atoms. The van der Waals surface area contributed by atoms with E-state index in [1.165, 1.54) is 11.2 Å². The third-order valence-electron chi connectivity index (χ3n) is 4.71. The fraction of sp³-hybridized carbons (Fsp3) is 0.273. The summed E-state index contributed by atoms with van der Waals surface area (Å²) in [5.74, 6) is 4.39. The Kier molecular flexibility index (Phi) is 5.42. The number of rotatable bonds is 4. The first-order valence-corrected chi connectivity index (χ1v) is 9.01. The molecule has 0 aliphatic carbocycles. The number of amides is 2. The summed E-state index contributed by atoms with van der Waals surface area (Å²) >= 11 is 0. The second-order valence-corrected chi connectivity index (χ2v) is 6.58. The van der Waals surface area contributed by atoms with Gasteiger partial charge in [0.25, 0.3) is 11.8 Å². The average Bonchev–Trinajstić information content (AvgIpc) is 2.95. The van der Waals surface area contributed by atoms with Crippen molar-refractivity contribution in [3.05, 3.63) is 64.0 Å². The molecule has 6 nitrogen and oxygen atoms in total. The molecule has 1 aromatic carbocycles. The van der Waals surface area contributed by atoms with Crippen LogP contribution in [0, 0.1) is 30.1 Å². The Bertz CT molecular complexity index is 1040. The number of aromatic nitrogens is 1. The van der Waals surface area contributed by atoms with E-state index < -0.39 is 5.92 Å². The maximum atomic E-state index is 13.0. The zero-order chi connectivity index (χ0) is 20.3. The molecular weight excluding hydrogens is 352 g/mol. The van der Waals surface area contributed by atoms with Gasteiger partial charge in [0.05, 0.1) is 17.8 Å². The summed E-state index contributed by atoms with van der Waals surface area (Å²) in [4.78, 5) is 29.8. The largest absolute Gasteiger partial charge is 0.272 e. The fourth-order valence-corrected chi connectivity index (χ4v) is 3.43. The number of pyridine rings is 1. The lowest BCUT2D eigenvalue weighted by Crippen LogP contribution is -2.35. The lowest BCUT2D eigenvalue weighted by Gasteiger charge is -2.17. The highest BCUT2D eigenvalue weighted by atomic mass is 16.2. The van der Waals surface area contributed by atoms with Gasteiger partial charge < -0.3 is 0 Å². The van der Waals surface area contributed by atoms with Gasteiger partial charge in [-0.2, -0.15) is 5.26 Å². The maximum Gasteiger partial charge on any atom is 0.258 e. The van der Waals surface area contributed by atoms with Crippen molar-refractivity contribution in [1.29, 1.82) is 5.26 Å². The highest BCUT2D eigenvalue weighted by Crippen LogP contribution is 2.31. The van der Waals surface area contributed by atoms with Crippen LogP contribution in [0.2, 0.25) is 0 Å². The molecule has 0 radical (unpaired) electrons. The number of carbonyl (C=O) groups is 2. The minimum atomic E-state index is -0.878. The van der Waals surface area contributed by atoms with Gasteiger partial charge in [-0.3, -0.25) is 20.0 Å². The third-order valence-corrected chi connectivity index (χ3v) is 4.71. The van der Waals surface area contributed by atoms with Gasteiger partial charge in [0.2, 0.25) is 0 Å². The SMILES string of the molecule is CC#Cc1cc(C)c(C2C(=O)NN(Cc3ccc(C#N)cn3)C2=O)c(CC)c1. The zero-order valence-electron chi connectivity index (χ0n) is 16.0. The Hall–Kier alpha value is -3.64. The lowest BCUT2D eigenvalue weighted by molar-refractivity contribution is -0.131. The number of carbonyl (C=O) groups excluding carboxylic acids is 2. The Morgan fingerprint density at radius 3 is 2.64 bits per heavy atom. The van der Waals surface area contributed by atoms with Gasteiger partial charge in [0, 0.05) is 11.8 Å². The Balaban J connectivity index is 1.91. The number of benzene rings is 1. The highest BCUT2D eigenvalue weighted by molar-refractivity contribution is 6.10. The molecule has 2 amide bonds. The Morgan fingerprint density at radius 1 is 1.25 bits per heavy atom. The van der Waals surface area contributed by atoms with Crippen LogP contribution >= 0.6 is 0 Å². The summed E-state index contributed by atoms with van der Waals surface area (Å²) in [6.07, 6.45) is 2.14. The summed E-state index contributed by atoms with van der Waals surface area (Å²) in [6.45, 7) is 5.82.